The molecule has 0 saturated carbocycles. The Bertz CT molecular complexity index is 834. The van der Waals surface area contributed by atoms with Gasteiger partial charge in [-0.1, -0.05) is 13.0 Å². The van der Waals surface area contributed by atoms with Crippen LogP contribution in [0.4, 0.5) is 11.4 Å². The number of benzene rings is 2. The quantitative estimate of drug-likeness (QED) is 0.893. The fourth-order valence-corrected chi connectivity index (χ4v) is 2.91. The second-order valence-electron chi connectivity index (χ2n) is 6.12. The highest BCUT2D eigenvalue weighted by molar-refractivity contribution is 6.05. The number of hydrogen-bond acceptors (Lipinski definition) is 4. The molecule has 1 aliphatic rings. The lowest BCUT2D eigenvalue weighted by Crippen LogP contribution is -2.44. The standard InChI is InChI=1S/C20H22N2O4/c1-4-10-22-17-9-8-15(12-18(17)26-13(2)20(22)24)21-19(23)14-6-5-7-16(11-14)25-3/h5-9,11-13H,4,10H2,1-3H3,(H,21,23). The Morgan fingerprint density at radius 3 is 2.81 bits per heavy atom. The van der Waals surface area contributed by atoms with E-state index < -0.39 is 6.10 Å². The molecule has 3 rings (SSSR count). The third-order valence-electron chi connectivity index (χ3n) is 4.21. The molecule has 2 aromatic carbocycles. The number of rotatable bonds is 5. The van der Waals surface area contributed by atoms with Gasteiger partial charge < -0.3 is 19.7 Å². The number of anilines is 2. The summed E-state index contributed by atoms with van der Waals surface area (Å²) in [6, 6.07) is 12.3. The van der Waals surface area contributed by atoms with Crippen LogP contribution in [0.15, 0.2) is 42.5 Å². The van der Waals surface area contributed by atoms with Gasteiger partial charge in [0.15, 0.2) is 6.10 Å². The van der Waals surface area contributed by atoms with Gasteiger partial charge in [-0.3, -0.25) is 9.59 Å². The number of methoxy groups -OCH3 is 1. The van der Waals surface area contributed by atoms with Crippen LogP contribution in [0.1, 0.15) is 30.6 Å². The number of hydrogen-bond donors (Lipinski definition) is 1. The number of carbonyl (C=O) groups excluding carboxylic acids is 2. The lowest BCUT2D eigenvalue weighted by atomic mass is 10.1. The van der Waals surface area contributed by atoms with Gasteiger partial charge in [0.2, 0.25) is 0 Å². The van der Waals surface area contributed by atoms with Crippen LogP contribution in [0.25, 0.3) is 0 Å². The number of fused-ring (bicyclic) bond motifs is 1. The van der Waals surface area contributed by atoms with Crippen molar-refractivity contribution < 1.29 is 19.1 Å². The lowest BCUT2D eigenvalue weighted by Gasteiger charge is -2.33. The minimum atomic E-state index is -0.543. The highest BCUT2D eigenvalue weighted by Crippen LogP contribution is 2.36. The molecule has 0 aromatic heterocycles. The van der Waals surface area contributed by atoms with E-state index in [2.05, 4.69) is 5.32 Å². The van der Waals surface area contributed by atoms with Crippen LogP contribution in [0.5, 0.6) is 11.5 Å². The predicted octanol–water partition coefficient (Wildman–Crippen LogP) is 3.47. The van der Waals surface area contributed by atoms with Crippen molar-refractivity contribution >= 4 is 23.2 Å². The van der Waals surface area contributed by atoms with Crippen LogP contribution < -0.4 is 19.7 Å². The van der Waals surface area contributed by atoms with Gasteiger partial charge in [0.1, 0.15) is 11.5 Å². The van der Waals surface area contributed by atoms with E-state index in [0.717, 1.165) is 12.1 Å². The highest BCUT2D eigenvalue weighted by Gasteiger charge is 2.31. The summed E-state index contributed by atoms with van der Waals surface area (Å²) in [4.78, 5) is 26.5. The van der Waals surface area contributed by atoms with Crippen LogP contribution >= 0.6 is 0 Å². The molecule has 0 aliphatic carbocycles. The van der Waals surface area contributed by atoms with Gasteiger partial charge in [-0.2, -0.15) is 0 Å². The van der Waals surface area contributed by atoms with Gasteiger partial charge in [-0.25, -0.2) is 0 Å². The van der Waals surface area contributed by atoms with E-state index >= 15 is 0 Å². The van der Waals surface area contributed by atoms with Crippen molar-refractivity contribution in [3.05, 3.63) is 48.0 Å². The first-order chi connectivity index (χ1) is 12.5. The molecular formula is C20H22N2O4. The maximum Gasteiger partial charge on any atom is 0.267 e. The van der Waals surface area contributed by atoms with Crippen LogP contribution in [0.3, 0.4) is 0 Å². The highest BCUT2D eigenvalue weighted by atomic mass is 16.5. The van der Waals surface area contributed by atoms with Gasteiger partial charge in [0.25, 0.3) is 11.8 Å². The van der Waals surface area contributed by atoms with Crippen molar-refractivity contribution in [3.8, 4) is 11.5 Å². The molecule has 1 N–H and O–H groups in total. The van der Waals surface area contributed by atoms with Gasteiger partial charge in [0.05, 0.1) is 12.8 Å². The molecule has 0 bridgehead atoms. The van der Waals surface area contributed by atoms with Crippen molar-refractivity contribution in [2.24, 2.45) is 0 Å². The van der Waals surface area contributed by atoms with Gasteiger partial charge in [-0.15, -0.1) is 0 Å². The SMILES string of the molecule is CCCN1C(=O)C(C)Oc2cc(NC(=O)c3cccc(OC)c3)ccc21. The smallest absolute Gasteiger partial charge is 0.267 e. The summed E-state index contributed by atoms with van der Waals surface area (Å²) >= 11 is 0. The van der Waals surface area contributed by atoms with Crippen molar-refractivity contribution in [2.75, 3.05) is 23.9 Å². The summed E-state index contributed by atoms with van der Waals surface area (Å²) in [7, 11) is 1.56. The Labute approximate surface area is 152 Å². The molecule has 26 heavy (non-hydrogen) atoms. The maximum absolute atomic E-state index is 12.5. The van der Waals surface area contributed by atoms with Crippen molar-refractivity contribution in [3.63, 3.8) is 0 Å². The maximum atomic E-state index is 12.5. The Morgan fingerprint density at radius 1 is 1.27 bits per heavy atom. The largest absolute Gasteiger partial charge is 0.497 e. The predicted molar refractivity (Wildman–Crippen MR) is 100 cm³/mol. The molecule has 2 amide bonds. The molecule has 6 nitrogen and oxygen atoms in total. The van der Waals surface area contributed by atoms with E-state index in [1.165, 1.54) is 0 Å². The van der Waals surface area contributed by atoms with Gasteiger partial charge >= 0.3 is 0 Å². The summed E-state index contributed by atoms with van der Waals surface area (Å²) < 4.78 is 10.9. The van der Waals surface area contributed by atoms with E-state index in [-0.39, 0.29) is 11.8 Å². The second kappa shape index (κ2) is 7.47. The fraction of sp³-hybridized carbons (Fsp3) is 0.300. The van der Waals surface area contributed by atoms with Crippen LogP contribution in [-0.4, -0.2) is 31.6 Å². The van der Waals surface area contributed by atoms with Crippen molar-refractivity contribution in [2.45, 2.75) is 26.4 Å². The molecule has 1 unspecified atom stereocenters. The second-order valence-corrected chi connectivity index (χ2v) is 6.12. The monoisotopic (exact) mass is 354 g/mol. The summed E-state index contributed by atoms with van der Waals surface area (Å²) in [5.74, 6) is 0.921. The van der Waals surface area contributed by atoms with Crippen molar-refractivity contribution in [1.29, 1.82) is 0 Å². The van der Waals surface area contributed by atoms with Gasteiger partial charge in [0, 0.05) is 23.9 Å². The summed E-state index contributed by atoms with van der Waals surface area (Å²) in [6.07, 6.45) is 0.310. The molecule has 1 aliphatic heterocycles. The van der Waals surface area contributed by atoms with Crippen LogP contribution in [0, 0.1) is 0 Å². The Morgan fingerprint density at radius 2 is 2.08 bits per heavy atom. The first-order valence-corrected chi connectivity index (χ1v) is 8.61. The summed E-state index contributed by atoms with van der Waals surface area (Å²) in [6.45, 7) is 4.39. The Kier molecular flexibility index (Phi) is 5.11. The minimum absolute atomic E-state index is 0.0486. The molecule has 136 valence electrons. The molecule has 0 spiro atoms. The average molecular weight is 354 g/mol. The summed E-state index contributed by atoms with van der Waals surface area (Å²) in [5, 5.41) is 2.85. The fourth-order valence-electron chi connectivity index (χ4n) is 2.91. The third-order valence-corrected chi connectivity index (χ3v) is 4.21. The topological polar surface area (TPSA) is 67.9 Å². The molecule has 6 heteroatoms. The zero-order chi connectivity index (χ0) is 18.7. The molecule has 0 fully saturated rings. The minimum Gasteiger partial charge on any atom is -0.497 e. The van der Waals surface area contributed by atoms with E-state index in [4.69, 9.17) is 9.47 Å². The third kappa shape index (κ3) is 3.49. The Hall–Kier alpha value is -3.02. The zero-order valence-corrected chi connectivity index (χ0v) is 15.1. The number of nitrogens with zero attached hydrogens (tertiary/aromatic N) is 1. The van der Waals surface area contributed by atoms with E-state index in [1.807, 2.05) is 6.92 Å². The molecule has 2 aromatic rings. The van der Waals surface area contributed by atoms with Crippen molar-refractivity contribution in [1.82, 2.24) is 0 Å². The van der Waals surface area contributed by atoms with Gasteiger partial charge in [-0.05, 0) is 43.7 Å². The number of nitrogens with one attached hydrogen (secondary N) is 1. The zero-order valence-electron chi connectivity index (χ0n) is 15.1. The van der Waals surface area contributed by atoms with Crippen LogP contribution in [0.2, 0.25) is 0 Å². The normalized spacial score (nSPS) is 15.9. The first-order valence-electron chi connectivity index (χ1n) is 8.61. The first kappa shape index (κ1) is 17.8. The molecule has 0 radical (unpaired) electrons. The molecular weight excluding hydrogens is 332 g/mol. The number of carbonyl (C=O) groups is 2. The molecule has 1 heterocycles. The van der Waals surface area contributed by atoms with E-state index in [0.29, 0.717) is 29.3 Å². The van der Waals surface area contributed by atoms with E-state index in [9.17, 15) is 9.59 Å². The lowest BCUT2D eigenvalue weighted by molar-refractivity contribution is -0.125. The van der Waals surface area contributed by atoms with E-state index in [1.54, 1.807) is 61.4 Å². The van der Waals surface area contributed by atoms with Crippen LogP contribution in [-0.2, 0) is 4.79 Å². The molecule has 1 atom stereocenters. The average Bonchev–Trinajstić information content (AvgIpc) is 2.65. The number of ether oxygens (including phenoxy) is 2. The Balaban J connectivity index is 1.83. The molecule has 0 saturated heterocycles. The number of amides is 2. The summed E-state index contributed by atoms with van der Waals surface area (Å²) in [5.41, 5.74) is 1.84.